The van der Waals surface area contributed by atoms with Crippen molar-refractivity contribution in [3.8, 4) is 0 Å². The fraction of sp³-hybridized carbons (Fsp3) is 0.400. The van der Waals surface area contributed by atoms with Crippen LogP contribution in [0.1, 0.15) is 11.1 Å². The van der Waals surface area contributed by atoms with E-state index >= 15 is 0 Å². The first-order valence-electron chi connectivity index (χ1n) is 6.52. The van der Waals surface area contributed by atoms with Gasteiger partial charge in [-0.2, -0.15) is 0 Å². The van der Waals surface area contributed by atoms with E-state index in [1.165, 1.54) is 5.56 Å². The maximum Gasteiger partial charge on any atom is 0.251 e. The molecule has 1 aliphatic rings. The molecule has 100 valence electrons. The van der Waals surface area contributed by atoms with Gasteiger partial charge in [-0.15, -0.1) is 0 Å². The SMILES string of the molecule is Cc1cc2cc(CC3(CN)COC3)ccc2[nH]c1=O. The second-order valence-electron chi connectivity index (χ2n) is 5.58. The van der Waals surface area contributed by atoms with Gasteiger partial charge in [-0.05, 0) is 42.5 Å². The molecule has 0 bridgehead atoms. The lowest BCUT2D eigenvalue weighted by molar-refractivity contribution is -0.106. The third kappa shape index (κ3) is 2.17. The monoisotopic (exact) mass is 258 g/mol. The van der Waals surface area contributed by atoms with Gasteiger partial charge in [0, 0.05) is 23.0 Å². The normalized spacial score (nSPS) is 17.4. The van der Waals surface area contributed by atoms with Crippen LogP contribution in [0.4, 0.5) is 0 Å². The Morgan fingerprint density at radius 1 is 1.37 bits per heavy atom. The highest BCUT2D eigenvalue weighted by molar-refractivity contribution is 5.79. The predicted molar refractivity (Wildman–Crippen MR) is 75.3 cm³/mol. The fourth-order valence-corrected chi connectivity index (χ4v) is 2.59. The minimum absolute atomic E-state index is 0.0222. The number of rotatable bonds is 3. The number of aromatic amines is 1. The van der Waals surface area contributed by atoms with Gasteiger partial charge in [0.15, 0.2) is 0 Å². The molecule has 0 radical (unpaired) electrons. The second-order valence-corrected chi connectivity index (χ2v) is 5.58. The van der Waals surface area contributed by atoms with E-state index in [4.69, 9.17) is 10.5 Å². The molecule has 1 fully saturated rings. The summed E-state index contributed by atoms with van der Waals surface area (Å²) in [6.07, 6.45) is 0.928. The van der Waals surface area contributed by atoms with Crippen LogP contribution in [0.5, 0.6) is 0 Å². The Labute approximate surface area is 111 Å². The largest absolute Gasteiger partial charge is 0.380 e. The molecule has 3 N–H and O–H groups in total. The van der Waals surface area contributed by atoms with E-state index in [9.17, 15) is 4.79 Å². The Morgan fingerprint density at radius 3 is 2.79 bits per heavy atom. The molecule has 4 heteroatoms. The molecule has 4 nitrogen and oxygen atoms in total. The molecule has 0 amide bonds. The molecule has 0 aliphatic carbocycles. The number of aryl methyl sites for hydroxylation is 1. The van der Waals surface area contributed by atoms with Crippen molar-refractivity contribution in [3.05, 3.63) is 45.7 Å². The molecule has 19 heavy (non-hydrogen) atoms. The molecule has 0 spiro atoms. The van der Waals surface area contributed by atoms with Crippen molar-refractivity contribution in [2.24, 2.45) is 11.1 Å². The molecule has 1 saturated heterocycles. The van der Waals surface area contributed by atoms with Crippen LogP contribution in [-0.4, -0.2) is 24.7 Å². The van der Waals surface area contributed by atoms with Gasteiger partial charge >= 0.3 is 0 Å². The molecule has 1 aromatic heterocycles. The van der Waals surface area contributed by atoms with Crippen LogP contribution in [0.15, 0.2) is 29.1 Å². The highest BCUT2D eigenvalue weighted by Gasteiger charge is 2.37. The van der Waals surface area contributed by atoms with Crippen LogP contribution in [0.2, 0.25) is 0 Å². The second kappa shape index (κ2) is 4.47. The number of benzene rings is 1. The van der Waals surface area contributed by atoms with Crippen LogP contribution in [0, 0.1) is 12.3 Å². The molecule has 0 unspecified atom stereocenters. The maximum atomic E-state index is 11.6. The van der Waals surface area contributed by atoms with Crippen molar-refractivity contribution in [2.45, 2.75) is 13.3 Å². The Bertz CT molecular complexity index is 666. The Kier molecular flexibility index (Phi) is 2.92. The van der Waals surface area contributed by atoms with Gasteiger partial charge < -0.3 is 15.5 Å². The average molecular weight is 258 g/mol. The van der Waals surface area contributed by atoms with Gasteiger partial charge in [-0.1, -0.05) is 6.07 Å². The van der Waals surface area contributed by atoms with Gasteiger partial charge in [-0.3, -0.25) is 4.79 Å². The standard InChI is InChI=1S/C15H18N2O2/c1-10-4-12-5-11(2-3-13(12)17-14(10)18)6-15(7-16)8-19-9-15/h2-5H,6-9,16H2,1H3,(H,17,18). The zero-order valence-electron chi connectivity index (χ0n) is 11.0. The number of pyridine rings is 1. The van der Waals surface area contributed by atoms with Crippen LogP contribution in [-0.2, 0) is 11.2 Å². The number of H-pyrrole nitrogens is 1. The highest BCUT2D eigenvalue weighted by atomic mass is 16.5. The summed E-state index contributed by atoms with van der Waals surface area (Å²) in [5.41, 5.74) is 8.79. The molecule has 2 heterocycles. The predicted octanol–water partition coefficient (Wildman–Crippen LogP) is 1.35. The topological polar surface area (TPSA) is 68.1 Å². The quantitative estimate of drug-likeness (QED) is 0.873. The summed E-state index contributed by atoms with van der Waals surface area (Å²) in [7, 11) is 0. The third-order valence-electron chi connectivity index (χ3n) is 3.92. The number of nitrogens with two attached hydrogens (primary N) is 1. The van der Waals surface area contributed by atoms with Crippen molar-refractivity contribution in [1.29, 1.82) is 0 Å². The fourth-order valence-electron chi connectivity index (χ4n) is 2.59. The summed E-state index contributed by atoms with van der Waals surface area (Å²) in [5.74, 6) is 0. The molecule has 1 aliphatic heterocycles. The molecule has 1 aromatic carbocycles. The molecule has 0 saturated carbocycles. The number of nitrogens with one attached hydrogen (secondary N) is 1. The zero-order chi connectivity index (χ0) is 13.5. The van der Waals surface area contributed by atoms with E-state index in [0.29, 0.717) is 6.54 Å². The van der Waals surface area contributed by atoms with Crippen molar-refractivity contribution >= 4 is 10.9 Å². The summed E-state index contributed by atoms with van der Waals surface area (Å²) in [6, 6.07) is 8.09. The van der Waals surface area contributed by atoms with E-state index in [1.807, 2.05) is 19.1 Å². The summed E-state index contributed by atoms with van der Waals surface area (Å²) in [6.45, 7) is 3.96. The van der Waals surface area contributed by atoms with Crippen molar-refractivity contribution < 1.29 is 4.74 Å². The lowest BCUT2D eigenvalue weighted by Gasteiger charge is -2.40. The minimum atomic E-state index is -0.0222. The summed E-state index contributed by atoms with van der Waals surface area (Å²) in [4.78, 5) is 14.4. The Morgan fingerprint density at radius 2 is 2.16 bits per heavy atom. The summed E-state index contributed by atoms with van der Waals surface area (Å²) < 4.78 is 5.30. The van der Waals surface area contributed by atoms with E-state index in [-0.39, 0.29) is 11.0 Å². The van der Waals surface area contributed by atoms with Crippen LogP contribution in [0.25, 0.3) is 10.9 Å². The van der Waals surface area contributed by atoms with E-state index in [2.05, 4.69) is 17.1 Å². The molecular formula is C15H18N2O2. The lowest BCUT2D eigenvalue weighted by atomic mass is 9.80. The van der Waals surface area contributed by atoms with Gasteiger partial charge in [0.1, 0.15) is 0 Å². The van der Waals surface area contributed by atoms with Crippen LogP contribution >= 0.6 is 0 Å². The summed E-state index contributed by atoms with van der Waals surface area (Å²) >= 11 is 0. The third-order valence-corrected chi connectivity index (χ3v) is 3.92. The van der Waals surface area contributed by atoms with Crippen LogP contribution < -0.4 is 11.3 Å². The van der Waals surface area contributed by atoms with E-state index in [1.54, 1.807) is 0 Å². The van der Waals surface area contributed by atoms with E-state index in [0.717, 1.165) is 36.1 Å². The van der Waals surface area contributed by atoms with Gasteiger partial charge in [0.25, 0.3) is 5.56 Å². The van der Waals surface area contributed by atoms with Gasteiger partial charge in [-0.25, -0.2) is 0 Å². The number of aromatic nitrogens is 1. The first kappa shape index (κ1) is 12.4. The van der Waals surface area contributed by atoms with Crippen molar-refractivity contribution in [2.75, 3.05) is 19.8 Å². The van der Waals surface area contributed by atoms with Gasteiger partial charge in [0.2, 0.25) is 0 Å². The van der Waals surface area contributed by atoms with Crippen molar-refractivity contribution in [3.63, 3.8) is 0 Å². The first-order chi connectivity index (χ1) is 9.12. The molecular weight excluding hydrogens is 240 g/mol. The smallest absolute Gasteiger partial charge is 0.251 e. The Balaban J connectivity index is 1.97. The number of fused-ring (bicyclic) bond motifs is 1. The molecule has 0 atom stereocenters. The number of hydrogen-bond donors (Lipinski definition) is 2. The zero-order valence-corrected chi connectivity index (χ0v) is 11.0. The highest BCUT2D eigenvalue weighted by Crippen LogP contribution is 2.31. The maximum absolute atomic E-state index is 11.6. The van der Waals surface area contributed by atoms with Gasteiger partial charge in [0.05, 0.1) is 13.2 Å². The minimum Gasteiger partial charge on any atom is -0.380 e. The van der Waals surface area contributed by atoms with E-state index < -0.39 is 0 Å². The summed E-state index contributed by atoms with van der Waals surface area (Å²) in [5, 5.41) is 1.07. The number of hydrogen-bond acceptors (Lipinski definition) is 3. The average Bonchev–Trinajstić information content (AvgIpc) is 2.35. The molecule has 2 aromatic rings. The first-order valence-corrected chi connectivity index (χ1v) is 6.52. The lowest BCUT2D eigenvalue weighted by Crippen LogP contribution is -2.49. The Hall–Kier alpha value is -1.65. The number of ether oxygens (including phenoxy) is 1. The van der Waals surface area contributed by atoms with Crippen LogP contribution in [0.3, 0.4) is 0 Å². The molecule has 3 rings (SSSR count). The van der Waals surface area contributed by atoms with Crippen molar-refractivity contribution in [1.82, 2.24) is 4.98 Å².